The van der Waals surface area contributed by atoms with Crippen LogP contribution in [0.4, 0.5) is 0 Å². The first-order valence-corrected chi connectivity index (χ1v) is 5.88. The molecule has 80 valence electrons. The Balaban J connectivity index is 2.16. The molecule has 1 heteroatoms. The van der Waals surface area contributed by atoms with Gasteiger partial charge in [-0.3, -0.25) is 0 Å². The molecular weight excluding hydrogens is 172 g/mol. The molecule has 14 heavy (non-hydrogen) atoms. The molecular formula is C13H22O. The highest BCUT2D eigenvalue weighted by Crippen LogP contribution is 2.04. The summed E-state index contributed by atoms with van der Waals surface area (Å²) in [6.07, 6.45) is 17.8. The quantitative estimate of drug-likeness (QED) is 0.532. The minimum absolute atomic E-state index is 0.801. The van der Waals surface area contributed by atoms with Gasteiger partial charge in [-0.25, -0.2) is 0 Å². The second-order valence-electron chi connectivity index (χ2n) is 3.80. The maximum Gasteiger partial charge on any atom is 0.0647 e. The molecule has 1 heterocycles. The standard InChI is InChI=1S/C13H22O/c1-2-4-6-8-10-12-14-13-11-9-7-5-3-1/h2,4,9,11H,1,3,5-8,10,12-13H2/b4-2-,11-9-. The maximum atomic E-state index is 5.47. The van der Waals surface area contributed by atoms with E-state index in [9.17, 15) is 0 Å². The van der Waals surface area contributed by atoms with Gasteiger partial charge in [0.1, 0.15) is 0 Å². The summed E-state index contributed by atoms with van der Waals surface area (Å²) in [4.78, 5) is 0. The van der Waals surface area contributed by atoms with E-state index in [2.05, 4.69) is 24.3 Å². The van der Waals surface area contributed by atoms with Crippen molar-refractivity contribution in [2.45, 2.75) is 44.9 Å². The van der Waals surface area contributed by atoms with Crippen molar-refractivity contribution in [2.75, 3.05) is 13.2 Å². The lowest BCUT2D eigenvalue weighted by atomic mass is 10.1. The van der Waals surface area contributed by atoms with Gasteiger partial charge in [-0.05, 0) is 44.9 Å². The molecule has 0 saturated carbocycles. The van der Waals surface area contributed by atoms with Gasteiger partial charge in [0.25, 0.3) is 0 Å². The number of ether oxygens (including phenoxy) is 1. The molecule has 1 aliphatic rings. The van der Waals surface area contributed by atoms with Gasteiger partial charge in [-0.15, -0.1) is 0 Å². The van der Waals surface area contributed by atoms with Crippen LogP contribution in [0.3, 0.4) is 0 Å². The Morgan fingerprint density at radius 3 is 1.93 bits per heavy atom. The molecule has 0 spiro atoms. The van der Waals surface area contributed by atoms with Crippen LogP contribution in [0, 0.1) is 0 Å². The zero-order valence-corrected chi connectivity index (χ0v) is 9.08. The third-order valence-corrected chi connectivity index (χ3v) is 2.45. The summed E-state index contributed by atoms with van der Waals surface area (Å²) in [5.74, 6) is 0. The molecule has 0 fully saturated rings. The molecule has 0 N–H and O–H groups in total. The molecule has 0 amide bonds. The predicted octanol–water partition coefficient (Wildman–Crippen LogP) is 3.86. The topological polar surface area (TPSA) is 9.23 Å². The van der Waals surface area contributed by atoms with Gasteiger partial charge in [0.15, 0.2) is 0 Å². The number of allylic oxidation sites excluding steroid dienone is 3. The van der Waals surface area contributed by atoms with E-state index in [1.54, 1.807) is 0 Å². The van der Waals surface area contributed by atoms with Crippen molar-refractivity contribution in [3.8, 4) is 0 Å². The van der Waals surface area contributed by atoms with Crippen LogP contribution < -0.4 is 0 Å². The normalized spacial score (nSPS) is 26.3. The first kappa shape index (κ1) is 11.5. The summed E-state index contributed by atoms with van der Waals surface area (Å²) in [5.41, 5.74) is 0. The Bertz CT molecular complexity index is 150. The maximum absolute atomic E-state index is 5.47. The second-order valence-corrected chi connectivity index (χ2v) is 3.80. The molecule has 1 rings (SSSR count). The lowest BCUT2D eigenvalue weighted by Gasteiger charge is -2.01. The third-order valence-electron chi connectivity index (χ3n) is 2.45. The molecule has 0 aromatic carbocycles. The zero-order chi connectivity index (χ0) is 9.90. The van der Waals surface area contributed by atoms with Crippen molar-refractivity contribution in [3.05, 3.63) is 24.3 Å². The van der Waals surface area contributed by atoms with E-state index in [0.29, 0.717) is 0 Å². The average molecular weight is 194 g/mol. The summed E-state index contributed by atoms with van der Waals surface area (Å²) in [5, 5.41) is 0. The Morgan fingerprint density at radius 2 is 1.21 bits per heavy atom. The molecule has 1 aliphatic heterocycles. The molecule has 0 aromatic heterocycles. The largest absolute Gasteiger partial charge is 0.377 e. The smallest absolute Gasteiger partial charge is 0.0647 e. The molecule has 0 atom stereocenters. The Labute approximate surface area is 87.8 Å². The third kappa shape index (κ3) is 6.90. The number of hydrogen-bond acceptors (Lipinski definition) is 1. The zero-order valence-electron chi connectivity index (χ0n) is 9.08. The van der Waals surface area contributed by atoms with Crippen LogP contribution in [0.2, 0.25) is 0 Å². The van der Waals surface area contributed by atoms with E-state index >= 15 is 0 Å². The first-order valence-electron chi connectivity index (χ1n) is 5.88. The highest BCUT2D eigenvalue weighted by molar-refractivity contribution is 4.84. The van der Waals surface area contributed by atoms with Crippen molar-refractivity contribution in [1.29, 1.82) is 0 Å². The number of rotatable bonds is 0. The van der Waals surface area contributed by atoms with E-state index in [0.717, 1.165) is 13.2 Å². The van der Waals surface area contributed by atoms with Crippen LogP contribution in [0.25, 0.3) is 0 Å². The van der Waals surface area contributed by atoms with Gasteiger partial charge in [0, 0.05) is 6.61 Å². The summed E-state index contributed by atoms with van der Waals surface area (Å²) in [6, 6.07) is 0. The average Bonchev–Trinajstić information content (AvgIpc) is 2.22. The number of hydrogen-bond donors (Lipinski definition) is 0. The Morgan fingerprint density at radius 1 is 0.643 bits per heavy atom. The molecule has 0 bridgehead atoms. The van der Waals surface area contributed by atoms with Crippen molar-refractivity contribution in [1.82, 2.24) is 0 Å². The predicted molar refractivity (Wildman–Crippen MR) is 61.4 cm³/mol. The molecule has 0 unspecified atom stereocenters. The van der Waals surface area contributed by atoms with Crippen LogP contribution in [0.1, 0.15) is 44.9 Å². The van der Waals surface area contributed by atoms with Crippen LogP contribution >= 0.6 is 0 Å². The fraction of sp³-hybridized carbons (Fsp3) is 0.692. The SMILES string of the molecule is C1=C\CCCCOC/C=C\CCCC/1. The summed E-state index contributed by atoms with van der Waals surface area (Å²) < 4.78 is 5.47. The monoisotopic (exact) mass is 194 g/mol. The lowest BCUT2D eigenvalue weighted by Crippen LogP contribution is -1.94. The van der Waals surface area contributed by atoms with Gasteiger partial charge in [-0.1, -0.05) is 24.3 Å². The Hall–Kier alpha value is -0.560. The van der Waals surface area contributed by atoms with Gasteiger partial charge < -0.3 is 4.74 Å². The minimum atomic E-state index is 0.801. The van der Waals surface area contributed by atoms with E-state index in [-0.39, 0.29) is 0 Å². The Kier molecular flexibility index (Phi) is 7.41. The lowest BCUT2D eigenvalue weighted by molar-refractivity contribution is 0.158. The van der Waals surface area contributed by atoms with Gasteiger partial charge >= 0.3 is 0 Å². The highest BCUT2D eigenvalue weighted by Gasteiger charge is 1.89. The first-order chi connectivity index (χ1) is 7.00. The van der Waals surface area contributed by atoms with E-state index < -0.39 is 0 Å². The van der Waals surface area contributed by atoms with Gasteiger partial charge in [0.05, 0.1) is 6.61 Å². The van der Waals surface area contributed by atoms with Crippen molar-refractivity contribution in [2.24, 2.45) is 0 Å². The highest BCUT2D eigenvalue weighted by atomic mass is 16.5. The molecule has 0 aliphatic carbocycles. The van der Waals surface area contributed by atoms with E-state index in [1.165, 1.54) is 44.9 Å². The summed E-state index contributed by atoms with van der Waals surface area (Å²) >= 11 is 0. The summed E-state index contributed by atoms with van der Waals surface area (Å²) in [6.45, 7) is 1.72. The van der Waals surface area contributed by atoms with Crippen molar-refractivity contribution >= 4 is 0 Å². The minimum Gasteiger partial charge on any atom is -0.377 e. The van der Waals surface area contributed by atoms with E-state index in [1.807, 2.05) is 0 Å². The van der Waals surface area contributed by atoms with Gasteiger partial charge in [0.2, 0.25) is 0 Å². The molecule has 1 nitrogen and oxygen atoms in total. The van der Waals surface area contributed by atoms with Crippen LogP contribution in [0.15, 0.2) is 24.3 Å². The van der Waals surface area contributed by atoms with Gasteiger partial charge in [-0.2, -0.15) is 0 Å². The fourth-order valence-corrected chi connectivity index (χ4v) is 1.56. The van der Waals surface area contributed by atoms with E-state index in [4.69, 9.17) is 4.74 Å². The van der Waals surface area contributed by atoms with Crippen LogP contribution in [-0.4, -0.2) is 13.2 Å². The van der Waals surface area contributed by atoms with Crippen LogP contribution in [0.5, 0.6) is 0 Å². The molecule has 0 saturated heterocycles. The molecule has 0 radical (unpaired) electrons. The van der Waals surface area contributed by atoms with Crippen LogP contribution in [-0.2, 0) is 4.74 Å². The van der Waals surface area contributed by atoms with Crippen molar-refractivity contribution < 1.29 is 4.74 Å². The second kappa shape index (κ2) is 9.01. The van der Waals surface area contributed by atoms with Crippen molar-refractivity contribution in [3.63, 3.8) is 0 Å². The fourth-order valence-electron chi connectivity index (χ4n) is 1.56. The summed E-state index contributed by atoms with van der Waals surface area (Å²) in [7, 11) is 0. The molecule has 0 aromatic rings.